The molecular weight excluding hydrogens is 316 g/mol. The van der Waals surface area contributed by atoms with Crippen molar-refractivity contribution in [3.63, 3.8) is 0 Å². The fourth-order valence-corrected chi connectivity index (χ4v) is 2.52. The number of esters is 1. The van der Waals surface area contributed by atoms with Gasteiger partial charge >= 0.3 is 5.97 Å². The number of para-hydroxylation sites is 2. The molecule has 0 bridgehead atoms. The molecule has 0 saturated carbocycles. The average Bonchev–Trinajstić information content (AvgIpc) is 2.51. The molecule has 1 aliphatic heterocycles. The fraction of sp³-hybridized carbons (Fsp3) is 0.176. The number of amides is 1. The topological polar surface area (TPSA) is 67.4 Å². The average molecular weight is 331 g/mol. The van der Waals surface area contributed by atoms with Crippen LogP contribution in [-0.4, -0.2) is 17.9 Å². The van der Waals surface area contributed by atoms with E-state index in [-0.39, 0.29) is 12.3 Å². The summed E-state index contributed by atoms with van der Waals surface area (Å²) in [5.41, 5.74) is 2.23. The molecule has 5 nitrogen and oxygen atoms in total. The second-order valence-corrected chi connectivity index (χ2v) is 5.76. The van der Waals surface area contributed by atoms with E-state index in [9.17, 15) is 9.59 Å². The van der Waals surface area contributed by atoms with Crippen molar-refractivity contribution in [2.45, 2.75) is 19.4 Å². The van der Waals surface area contributed by atoms with Crippen molar-refractivity contribution in [1.82, 2.24) is 0 Å². The lowest BCUT2D eigenvalue weighted by molar-refractivity contribution is -0.137. The third-order valence-corrected chi connectivity index (χ3v) is 3.81. The Morgan fingerprint density at radius 2 is 2.09 bits per heavy atom. The van der Waals surface area contributed by atoms with E-state index in [4.69, 9.17) is 16.3 Å². The van der Waals surface area contributed by atoms with E-state index in [0.717, 1.165) is 5.56 Å². The third kappa shape index (κ3) is 3.46. The largest absolute Gasteiger partial charge is 0.423 e. The fourth-order valence-electron chi connectivity index (χ4n) is 2.35. The highest BCUT2D eigenvalue weighted by molar-refractivity contribution is 6.31. The molecule has 1 atom stereocenters. The van der Waals surface area contributed by atoms with Crippen LogP contribution in [0.5, 0.6) is 5.75 Å². The summed E-state index contributed by atoms with van der Waals surface area (Å²) in [6.07, 6.45) is -0.0286. The maximum absolute atomic E-state index is 12.2. The van der Waals surface area contributed by atoms with Crippen molar-refractivity contribution in [2.24, 2.45) is 0 Å². The van der Waals surface area contributed by atoms with E-state index in [1.165, 1.54) is 0 Å². The predicted octanol–water partition coefficient (Wildman–Crippen LogP) is 3.38. The zero-order chi connectivity index (χ0) is 16.4. The number of carbonyl (C=O) groups is 2. The molecule has 23 heavy (non-hydrogen) atoms. The van der Waals surface area contributed by atoms with E-state index >= 15 is 0 Å². The van der Waals surface area contributed by atoms with Crippen LogP contribution in [0.15, 0.2) is 42.5 Å². The van der Waals surface area contributed by atoms with Crippen molar-refractivity contribution in [3.05, 3.63) is 53.1 Å². The lowest BCUT2D eigenvalue weighted by Crippen LogP contribution is -2.39. The van der Waals surface area contributed by atoms with Crippen molar-refractivity contribution >= 4 is 34.9 Å². The first-order chi connectivity index (χ1) is 11.0. The Morgan fingerprint density at radius 3 is 2.91 bits per heavy atom. The van der Waals surface area contributed by atoms with Gasteiger partial charge in [-0.1, -0.05) is 29.8 Å². The maximum atomic E-state index is 12.2. The van der Waals surface area contributed by atoms with Crippen LogP contribution in [-0.2, 0) is 9.59 Å². The monoisotopic (exact) mass is 330 g/mol. The molecule has 3 rings (SSSR count). The minimum Gasteiger partial charge on any atom is -0.423 e. The van der Waals surface area contributed by atoms with Crippen molar-refractivity contribution in [2.75, 3.05) is 10.6 Å². The number of benzene rings is 2. The second-order valence-electron chi connectivity index (χ2n) is 5.33. The van der Waals surface area contributed by atoms with Crippen molar-refractivity contribution in [1.29, 1.82) is 0 Å². The molecule has 2 N–H and O–H groups in total. The van der Waals surface area contributed by atoms with Gasteiger partial charge in [0.1, 0.15) is 6.04 Å². The summed E-state index contributed by atoms with van der Waals surface area (Å²) in [6, 6.07) is 11.6. The van der Waals surface area contributed by atoms with Gasteiger partial charge in [0.25, 0.3) is 0 Å². The second kappa shape index (κ2) is 6.30. The first kappa shape index (κ1) is 15.4. The smallest absolute Gasteiger partial charge is 0.334 e. The van der Waals surface area contributed by atoms with Crippen LogP contribution in [0.2, 0.25) is 5.02 Å². The van der Waals surface area contributed by atoms with Crippen molar-refractivity contribution in [3.8, 4) is 5.75 Å². The molecule has 1 heterocycles. The van der Waals surface area contributed by atoms with E-state index < -0.39 is 12.0 Å². The van der Waals surface area contributed by atoms with E-state index in [2.05, 4.69) is 10.6 Å². The molecule has 118 valence electrons. The molecular formula is C17H15ClN2O3. The van der Waals surface area contributed by atoms with Crippen molar-refractivity contribution < 1.29 is 14.3 Å². The Morgan fingerprint density at radius 1 is 1.30 bits per heavy atom. The van der Waals surface area contributed by atoms with Gasteiger partial charge in [-0.05, 0) is 36.8 Å². The van der Waals surface area contributed by atoms with Gasteiger partial charge in [-0.3, -0.25) is 4.79 Å². The summed E-state index contributed by atoms with van der Waals surface area (Å²) in [7, 11) is 0. The summed E-state index contributed by atoms with van der Waals surface area (Å²) in [5, 5.41) is 6.34. The number of carbonyl (C=O) groups excluding carboxylic acids is 2. The normalized spacial score (nSPS) is 16.1. The van der Waals surface area contributed by atoms with Gasteiger partial charge in [0.05, 0.1) is 12.1 Å². The highest BCUT2D eigenvalue weighted by atomic mass is 35.5. The molecule has 0 spiro atoms. The molecule has 1 aliphatic rings. The number of anilines is 2. The van der Waals surface area contributed by atoms with Crippen LogP contribution in [0.3, 0.4) is 0 Å². The highest BCUT2D eigenvalue weighted by Crippen LogP contribution is 2.29. The summed E-state index contributed by atoms with van der Waals surface area (Å²) < 4.78 is 5.24. The molecule has 0 aliphatic carbocycles. The molecule has 2 aromatic rings. The van der Waals surface area contributed by atoms with Crippen LogP contribution in [0.4, 0.5) is 11.4 Å². The minimum absolute atomic E-state index is 0.0286. The minimum atomic E-state index is -0.718. The highest BCUT2D eigenvalue weighted by Gasteiger charge is 2.29. The zero-order valence-corrected chi connectivity index (χ0v) is 13.2. The Hall–Kier alpha value is -2.53. The van der Waals surface area contributed by atoms with Gasteiger partial charge in [0, 0.05) is 10.7 Å². The van der Waals surface area contributed by atoms with E-state index in [1.54, 1.807) is 30.3 Å². The lowest BCUT2D eigenvalue weighted by Gasteiger charge is -2.25. The number of aryl methyl sites for hydroxylation is 1. The van der Waals surface area contributed by atoms with Gasteiger partial charge < -0.3 is 15.4 Å². The Bertz CT molecular complexity index is 776. The number of nitrogens with one attached hydrogen (secondary N) is 2. The van der Waals surface area contributed by atoms with Gasteiger partial charge in [0.15, 0.2) is 5.75 Å². The number of hydrogen-bond acceptors (Lipinski definition) is 4. The molecule has 0 unspecified atom stereocenters. The first-order valence-corrected chi connectivity index (χ1v) is 7.54. The van der Waals surface area contributed by atoms with Gasteiger partial charge in [-0.2, -0.15) is 0 Å². The Balaban J connectivity index is 1.69. The predicted molar refractivity (Wildman–Crippen MR) is 88.9 cm³/mol. The van der Waals surface area contributed by atoms with Crippen LogP contribution in [0.25, 0.3) is 0 Å². The van der Waals surface area contributed by atoms with Crippen LogP contribution in [0.1, 0.15) is 12.0 Å². The molecule has 1 amide bonds. The van der Waals surface area contributed by atoms with Gasteiger partial charge in [0.2, 0.25) is 5.91 Å². The lowest BCUT2D eigenvalue weighted by atomic mass is 10.1. The van der Waals surface area contributed by atoms with Crippen LogP contribution >= 0.6 is 11.6 Å². The SMILES string of the molecule is Cc1ccc(Cl)cc1NC(=O)C[C@@H]1Nc2ccccc2OC1=O. The van der Waals surface area contributed by atoms with Gasteiger partial charge in [-0.15, -0.1) is 0 Å². The molecule has 0 aromatic heterocycles. The number of ether oxygens (including phenoxy) is 1. The third-order valence-electron chi connectivity index (χ3n) is 3.58. The summed E-state index contributed by atoms with van der Waals surface area (Å²) in [4.78, 5) is 24.2. The van der Waals surface area contributed by atoms with Crippen LogP contribution in [0, 0.1) is 6.92 Å². The molecule has 0 fully saturated rings. The number of rotatable bonds is 3. The Labute approximate surface area is 138 Å². The molecule has 0 saturated heterocycles. The summed E-state index contributed by atoms with van der Waals surface area (Å²) in [6.45, 7) is 1.87. The molecule has 0 radical (unpaired) electrons. The number of hydrogen-bond donors (Lipinski definition) is 2. The zero-order valence-electron chi connectivity index (χ0n) is 12.4. The van der Waals surface area contributed by atoms with E-state index in [0.29, 0.717) is 22.1 Å². The Kier molecular flexibility index (Phi) is 4.21. The maximum Gasteiger partial charge on any atom is 0.334 e. The first-order valence-electron chi connectivity index (χ1n) is 7.16. The molecule has 2 aromatic carbocycles. The number of halogens is 1. The summed E-state index contributed by atoms with van der Waals surface area (Å²) in [5.74, 6) is -0.286. The van der Waals surface area contributed by atoms with E-state index in [1.807, 2.05) is 19.1 Å². The summed E-state index contributed by atoms with van der Waals surface area (Å²) >= 11 is 5.93. The molecule has 6 heteroatoms. The van der Waals surface area contributed by atoms with Crippen LogP contribution < -0.4 is 15.4 Å². The quantitative estimate of drug-likeness (QED) is 0.669. The number of fused-ring (bicyclic) bond motifs is 1. The standard InChI is InChI=1S/C17H15ClN2O3/c1-10-6-7-11(18)8-13(10)20-16(21)9-14-17(22)23-15-5-3-2-4-12(15)19-14/h2-8,14,19H,9H2,1H3,(H,20,21)/t14-/m0/s1. The van der Waals surface area contributed by atoms with Gasteiger partial charge in [-0.25, -0.2) is 4.79 Å².